The molecule has 0 saturated carbocycles. The lowest BCUT2D eigenvalue weighted by molar-refractivity contribution is 1.53. The van der Waals surface area contributed by atoms with E-state index in [1.54, 1.807) is 0 Å². The molecule has 1 aliphatic carbocycles. The van der Waals surface area contributed by atoms with Gasteiger partial charge in [-0.1, -0.05) is 55.1 Å². The summed E-state index contributed by atoms with van der Waals surface area (Å²) in [4.78, 5) is 0. The topological polar surface area (TPSA) is 0 Å². The zero-order chi connectivity index (χ0) is 10.3. The Morgan fingerprint density at radius 3 is 2.53 bits per heavy atom. The molecule has 0 N–H and O–H groups in total. The van der Waals surface area contributed by atoms with E-state index in [1.165, 1.54) is 27.8 Å². The monoisotopic (exact) mass is 191 g/mol. The summed E-state index contributed by atoms with van der Waals surface area (Å²) in [5.74, 6) is 0. The van der Waals surface area contributed by atoms with Crippen LogP contribution in [0.3, 0.4) is 0 Å². The van der Waals surface area contributed by atoms with Gasteiger partial charge >= 0.3 is 0 Å². The average Bonchev–Trinajstić information content (AvgIpc) is 2.66. The van der Waals surface area contributed by atoms with Gasteiger partial charge in [0, 0.05) is 6.42 Å². The van der Waals surface area contributed by atoms with Gasteiger partial charge in [-0.3, -0.25) is 0 Å². The zero-order valence-corrected chi connectivity index (χ0v) is 8.40. The van der Waals surface area contributed by atoms with Crippen molar-refractivity contribution >= 4 is 6.08 Å². The molecule has 0 fully saturated rings. The highest BCUT2D eigenvalue weighted by molar-refractivity contribution is 5.82. The van der Waals surface area contributed by atoms with Crippen LogP contribution in [0.1, 0.15) is 16.7 Å². The Bertz CT molecular complexity index is 535. The molecule has 15 heavy (non-hydrogen) atoms. The van der Waals surface area contributed by atoms with Crippen LogP contribution in [0.4, 0.5) is 0 Å². The fraction of sp³-hybridized carbons (Fsp3) is 0. The summed E-state index contributed by atoms with van der Waals surface area (Å²) in [5.41, 5.74) is 6.46. The third-order valence-corrected chi connectivity index (χ3v) is 2.87. The normalized spacial score (nSPS) is 12.0. The van der Waals surface area contributed by atoms with E-state index in [0.29, 0.717) is 0 Å². The molecule has 71 valence electrons. The van der Waals surface area contributed by atoms with Crippen LogP contribution in [0.25, 0.3) is 17.2 Å². The lowest BCUT2D eigenvalue weighted by Gasteiger charge is -2.01. The van der Waals surface area contributed by atoms with Gasteiger partial charge in [-0.15, -0.1) is 0 Å². The molecule has 0 aromatic heterocycles. The number of hydrogen-bond acceptors (Lipinski definition) is 0. The maximum absolute atomic E-state index is 3.79. The molecule has 2 aromatic carbocycles. The Labute approximate surface area is 89.9 Å². The quantitative estimate of drug-likeness (QED) is 0.547. The minimum atomic E-state index is 1.18. The largest absolute Gasteiger partial charge is 0.0985 e. The molecule has 3 rings (SSSR count). The highest BCUT2D eigenvalue weighted by Gasteiger charge is 2.17. The molecule has 2 aromatic rings. The van der Waals surface area contributed by atoms with Crippen molar-refractivity contribution in [2.75, 3.05) is 0 Å². The molecule has 0 saturated heterocycles. The Kier molecular flexibility index (Phi) is 1.75. The van der Waals surface area contributed by atoms with E-state index in [1.807, 2.05) is 6.08 Å². The Balaban J connectivity index is 2.22. The van der Waals surface area contributed by atoms with Crippen molar-refractivity contribution in [3.05, 3.63) is 72.2 Å². The van der Waals surface area contributed by atoms with Crippen LogP contribution in [0.2, 0.25) is 0 Å². The van der Waals surface area contributed by atoms with E-state index in [-0.39, 0.29) is 0 Å². The van der Waals surface area contributed by atoms with Gasteiger partial charge < -0.3 is 0 Å². The smallest absolute Gasteiger partial charge is 0.0212 e. The molecule has 0 heterocycles. The Morgan fingerprint density at radius 2 is 1.67 bits per heavy atom. The SMILES string of the molecule is C=Cc1ccc2c(c1)[CH]c1ccccc1-2. The first-order chi connectivity index (χ1) is 7.38. The third-order valence-electron chi connectivity index (χ3n) is 2.87. The van der Waals surface area contributed by atoms with Crippen molar-refractivity contribution < 1.29 is 0 Å². The second kappa shape index (κ2) is 3.09. The van der Waals surface area contributed by atoms with E-state index in [9.17, 15) is 0 Å². The second-order valence-corrected chi connectivity index (χ2v) is 3.78. The Hall–Kier alpha value is -1.82. The maximum atomic E-state index is 3.79. The van der Waals surface area contributed by atoms with Gasteiger partial charge in [0.15, 0.2) is 0 Å². The molecular formula is C15H11. The van der Waals surface area contributed by atoms with Gasteiger partial charge in [-0.05, 0) is 27.8 Å². The predicted molar refractivity (Wildman–Crippen MR) is 64.5 cm³/mol. The lowest BCUT2D eigenvalue weighted by atomic mass is 10.0. The lowest BCUT2D eigenvalue weighted by Crippen LogP contribution is -1.79. The molecule has 0 spiro atoms. The van der Waals surface area contributed by atoms with Crippen molar-refractivity contribution in [2.45, 2.75) is 0 Å². The van der Waals surface area contributed by atoms with Crippen molar-refractivity contribution in [1.29, 1.82) is 0 Å². The summed E-state index contributed by atoms with van der Waals surface area (Å²) in [7, 11) is 0. The van der Waals surface area contributed by atoms with Gasteiger partial charge in [-0.25, -0.2) is 0 Å². The molecule has 0 heteroatoms. The van der Waals surface area contributed by atoms with E-state index in [4.69, 9.17) is 0 Å². The van der Waals surface area contributed by atoms with E-state index >= 15 is 0 Å². The van der Waals surface area contributed by atoms with Crippen LogP contribution in [0.15, 0.2) is 49.0 Å². The van der Waals surface area contributed by atoms with Crippen LogP contribution >= 0.6 is 0 Å². The molecule has 1 aliphatic rings. The van der Waals surface area contributed by atoms with Crippen molar-refractivity contribution in [2.24, 2.45) is 0 Å². The van der Waals surface area contributed by atoms with Crippen LogP contribution in [0.5, 0.6) is 0 Å². The summed E-state index contributed by atoms with van der Waals surface area (Å²) >= 11 is 0. The Morgan fingerprint density at radius 1 is 0.867 bits per heavy atom. The van der Waals surface area contributed by atoms with Gasteiger partial charge in [0.1, 0.15) is 0 Å². The molecule has 0 atom stereocenters. The summed E-state index contributed by atoms with van der Waals surface area (Å²) < 4.78 is 0. The van der Waals surface area contributed by atoms with E-state index < -0.39 is 0 Å². The first kappa shape index (κ1) is 8.49. The molecule has 0 bridgehead atoms. The van der Waals surface area contributed by atoms with Crippen LogP contribution in [0, 0.1) is 6.42 Å². The number of fused-ring (bicyclic) bond motifs is 3. The summed E-state index contributed by atoms with van der Waals surface area (Å²) in [6.07, 6.45) is 4.12. The fourth-order valence-electron chi connectivity index (χ4n) is 2.11. The highest BCUT2D eigenvalue weighted by Crippen LogP contribution is 2.37. The number of rotatable bonds is 1. The first-order valence-corrected chi connectivity index (χ1v) is 5.09. The van der Waals surface area contributed by atoms with Crippen molar-refractivity contribution in [1.82, 2.24) is 0 Å². The van der Waals surface area contributed by atoms with Crippen molar-refractivity contribution in [3.8, 4) is 11.1 Å². The predicted octanol–water partition coefficient (Wildman–Crippen LogP) is 3.91. The van der Waals surface area contributed by atoms with Crippen LogP contribution < -0.4 is 0 Å². The number of hydrogen-bond donors (Lipinski definition) is 0. The standard InChI is InChI=1S/C15H11/c1-2-11-7-8-15-13(9-11)10-12-5-3-4-6-14(12)15/h2-10H,1H2. The summed E-state index contributed by atoms with van der Waals surface area (Å²) in [6.45, 7) is 3.79. The highest BCUT2D eigenvalue weighted by atomic mass is 14.2. The summed E-state index contributed by atoms with van der Waals surface area (Å²) in [5, 5.41) is 0. The molecule has 1 radical (unpaired) electrons. The van der Waals surface area contributed by atoms with Gasteiger partial charge in [0.2, 0.25) is 0 Å². The average molecular weight is 191 g/mol. The van der Waals surface area contributed by atoms with E-state index in [0.717, 1.165) is 0 Å². The van der Waals surface area contributed by atoms with Crippen molar-refractivity contribution in [3.63, 3.8) is 0 Å². The number of benzene rings is 2. The molecule has 0 aliphatic heterocycles. The molecule has 0 nitrogen and oxygen atoms in total. The van der Waals surface area contributed by atoms with Crippen LogP contribution in [-0.2, 0) is 0 Å². The molecule has 0 unspecified atom stereocenters. The van der Waals surface area contributed by atoms with Crippen LogP contribution in [-0.4, -0.2) is 0 Å². The fourth-order valence-corrected chi connectivity index (χ4v) is 2.11. The zero-order valence-electron chi connectivity index (χ0n) is 8.40. The maximum Gasteiger partial charge on any atom is 0.0212 e. The second-order valence-electron chi connectivity index (χ2n) is 3.78. The molecule has 0 amide bonds. The third kappa shape index (κ3) is 1.22. The van der Waals surface area contributed by atoms with E-state index in [2.05, 4.69) is 55.5 Å². The minimum absolute atomic E-state index is 1.18. The first-order valence-electron chi connectivity index (χ1n) is 5.09. The molecular weight excluding hydrogens is 180 g/mol. The van der Waals surface area contributed by atoms with Gasteiger partial charge in [-0.2, -0.15) is 0 Å². The minimum Gasteiger partial charge on any atom is -0.0985 e. The summed E-state index contributed by atoms with van der Waals surface area (Å²) in [6, 6.07) is 15.0. The van der Waals surface area contributed by atoms with Gasteiger partial charge in [0.25, 0.3) is 0 Å². The van der Waals surface area contributed by atoms with Gasteiger partial charge in [0.05, 0.1) is 0 Å².